The number of likely N-dealkylation sites (tertiary alicyclic amines) is 1. The van der Waals surface area contributed by atoms with Gasteiger partial charge in [0.15, 0.2) is 11.6 Å². The van der Waals surface area contributed by atoms with Crippen LogP contribution in [0, 0.1) is 0 Å². The van der Waals surface area contributed by atoms with Gasteiger partial charge in [0.1, 0.15) is 0 Å². The van der Waals surface area contributed by atoms with Crippen LogP contribution in [-0.2, 0) is 22.6 Å². The van der Waals surface area contributed by atoms with E-state index < -0.39 is 5.97 Å². The Balaban J connectivity index is 0.000000241. The van der Waals surface area contributed by atoms with Gasteiger partial charge < -0.3 is 10.0 Å². The van der Waals surface area contributed by atoms with Crippen LogP contribution < -0.4 is 4.90 Å². The fourth-order valence-corrected chi connectivity index (χ4v) is 6.80. The minimum Gasteiger partial charge on any atom is -0.481 e. The van der Waals surface area contributed by atoms with Gasteiger partial charge in [0.2, 0.25) is 5.91 Å². The molecule has 6 rings (SSSR count). The first-order chi connectivity index (χ1) is 25.4. The second-order valence-electron chi connectivity index (χ2n) is 13.2. The molecule has 1 aliphatic heterocycles. The summed E-state index contributed by atoms with van der Waals surface area (Å²) in [6, 6.07) is 36.4. The standard InChI is InChI=1S/C28H28Cl2N2O2.C16H14O3/c1-19(33)22-4-6-23(7-5-22)24-8-10-25(11-9-24)32(20(2)34)26-13-15-31(16-14-26)18-21-3-12-27(29)28(30)17-21;1-11(17)13-6-8-15(9-7-13)14-4-2-12(3-5-14)10-16(18)19/h3-12,17,26H,13-16,18H2,1-2H3;2-9H,10H2,1H3,(H,18,19). The Kier molecular flexibility index (Phi) is 13.4. The lowest BCUT2D eigenvalue weighted by atomic mass is 9.99. The molecule has 5 aromatic rings. The zero-order chi connectivity index (χ0) is 38.1. The second-order valence-corrected chi connectivity index (χ2v) is 14.0. The minimum absolute atomic E-state index is 0.0313. The number of Topliss-reactive ketones (excluding diaryl/α,β-unsaturated/α-hetero) is 2. The van der Waals surface area contributed by atoms with Gasteiger partial charge in [-0.3, -0.25) is 24.1 Å². The summed E-state index contributed by atoms with van der Waals surface area (Å²) in [5, 5.41) is 9.85. The summed E-state index contributed by atoms with van der Waals surface area (Å²) >= 11 is 12.2. The quantitative estimate of drug-likeness (QED) is 0.143. The lowest BCUT2D eigenvalue weighted by Gasteiger charge is -2.38. The van der Waals surface area contributed by atoms with E-state index in [1.165, 1.54) is 6.92 Å². The van der Waals surface area contributed by atoms with Gasteiger partial charge >= 0.3 is 5.97 Å². The van der Waals surface area contributed by atoms with Gasteiger partial charge in [0.25, 0.3) is 0 Å². The highest BCUT2D eigenvalue weighted by molar-refractivity contribution is 6.42. The van der Waals surface area contributed by atoms with Crippen LogP contribution >= 0.6 is 23.2 Å². The predicted octanol–water partition coefficient (Wildman–Crippen LogP) is 10.1. The SMILES string of the molecule is CC(=O)c1ccc(-c2ccc(CC(=O)O)cc2)cc1.CC(=O)c1ccc(-c2ccc(N(C(C)=O)C3CCN(Cc4ccc(Cl)c(Cl)c4)CC3)cc2)cc1. The number of hydrogen-bond donors (Lipinski definition) is 1. The molecule has 53 heavy (non-hydrogen) atoms. The van der Waals surface area contributed by atoms with E-state index in [9.17, 15) is 19.2 Å². The van der Waals surface area contributed by atoms with E-state index in [0.717, 1.165) is 71.5 Å². The highest BCUT2D eigenvalue weighted by atomic mass is 35.5. The van der Waals surface area contributed by atoms with Crippen LogP contribution in [-0.4, -0.2) is 52.6 Å². The first-order valence-corrected chi connectivity index (χ1v) is 18.2. The van der Waals surface area contributed by atoms with Crippen LogP contribution in [0.1, 0.15) is 65.5 Å². The lowest BCUT2D eigenvalue weighted by molar-refractivity contribution is -0.136. The van der Waals surface area contributed by atoms with Crippen molar-refractivity contribution in [3.8, 4) is 22.3 Å². The summed E-state index contributed by atoms with van der Waals surface area (Å²) < 4.78 is 0. The number of ketones is 2. The van der Waals surface area contributed by atoms with Gasteiger partial charge in [0, 0.05) is 49.4 Å². The maximum Gasteiger partial charge on any atom is 0.307 e. The Morgan fingerprint density at radius 3 is 1.47 bits per heavy atom. The molecule has 1 fully saturated rings. The molecule has 1 amide bonds. The average Bonchev–Trinajstić information content (AvgIpc) is 3.14. The number of carbonyl (C=O) groups is 4. The monoisotopic (exact) mass is 748 g/mol. The molecule has 272 valence electrons. The molecule has 9 heteroatoms. The third kappa shape index (κ3) is 10.7. The van der Waals surface area contributed by atoms with Crippen LogP contribution in [0.3, 0.4) is 0 Å². The summed E-state index contributed by atoms with van der Waals surface area (Å²) in [5.74, 6) is -0.676. The molecule has 0 saturated carbocycles. The van der Waals surface area contributed by atoms with Crippen molar-refractivity contribution in [2.75, 3.05) is 18.0 Å². The number of amides is 1. The zero-order valence-electron chi connectivity index (χ0n) is 30.0. The normalized spacial score (nSPS) is 13.1. The molecule has 0 radical (unpaired) electrons. The van der Waals surface area contributed by atoms with Crippen molar-refractivity contribution in [1.82, 2.24) is 4.90 Å². The summed E-state index contributed by atoms with van der Waals surface area (Å²) in [5.41, 5.74) is 8.33. The molecule has 0 spiro atoms. The van der Waals surface area contributed by atoms with Crippen LogP contribution in [0.25, 0.3) is 22.3 Å². The molecule has 0 aliphatic carbocycles. The van der Waals surface area contributed by atoms with Crippen LogP contribution in [0.4, 0.5) is 5.69 Å². The summed E-state index contributed by atoms with van der Waals surface area (Å²) in [6.45, 7) is 7.38. The summed E-state index contributed by atoms with van der Waals surface area (Å²) in [4.78, 5) is 50.2. The number of rotatable bonds is 10. The number of aliphatic carboxylic acids is 1. The molecule has 1 aliphatic rings. The van der Waals surface area contributed by atoms with Crippen molar-refractivity contribution in [1.29, 1.82) is 0 Å². The molecule has 0 atom stereocenters. The number of piperidine rings is 1. The third-order valence-electron chi connectivity index (χ3n) is 9.36. The molecule has 5 aromatic carbocycles. The Morgan fingerprint density at radius 2 is 1.06 bits per heavy atom. The molecular weight excluding hydrogens is 707 g/mol. The summed E-state index contributed by atoms with van der Waals surface area (Å²) in [6.07, 6.45) is 1.86. The largest absolute Gasteiger partial charge is 0.481 e. The van der Waals surface area contributed by atoms with E-state index in [-0.39, 0.29) is 29.9 Å². The van der Waals surface area contributed by atoms with Crippen LogP contribution in [0.5, 0.6) is 0 Å². The molecule has 1 saturated heterocycles. The Morgan fingerprint density at radius 1 is 0.623 bits per heavy atom. The van der Waals surface area contributed by atoms with Crippen molar-refractivity contribution < 1.29 is 24.3 Å². The summed E-state index contributed by atoms with van der Waals surface area (Å²) in [7, 11) is 0. The van der Waals surface area contributed by atoms with Gasteiger partial charge in [-0.1, -0.05) is 114 Å². The van der Waals surface area contributed by atoms with Crippen molar-refractivity contribution in [3.63, 3.8) is 0 Å². The molecule has 0 bridgehead atoms. The Hall–Kier alpha value is -5.08. The number of anilines is 1. The maximum atomic E-state index is 12.6. The fraction of sp³-hybridized carbons (Fsp3) is 0.227. The molecule has 1 heterocycles. The van der Waals surface area contributed by atoms with Gasteiger partial charge in [-0.05, 0) is 84.3 Å². The molecule has 7 nitrogen and oxygen atoms in total. The number of carboxylic acid groups (broad SMARTS) is 1. The zero-order valence-corrected chi connectivity index (χ0v) is 31.5. The van der Waals surface area contributed by atoms with Gasteiger partial charge in [-0.2, -0.15) is 0 Å². The number of nitrogens with zero attached hydrogens (tertiary/aromatic N) is 2. The number of carboxylic acids is 1. The predicted molar refractivity (Wildman–Crippen MR) is 213 cm³/mol. The number of halogens is 2. The van der Waals surface area contributed by atoms with E-state index in [0.29, 0.717) is 21.2 Å². The molecular formula is C44H42Cl2N2O5. The minimum atomic E-state index is -0.835. The van der Waals surface area contributed by atoms with E-state index >= 15 is 0 Å². The molecule has 0 unspecified atom stereocenters. The van der Waals surface area contributed by atoms with Gasteiger partial charge in [0.05, 0.1) is 16.5 Å². The maximum absolute atomic E-state index is 12.6. The van der Waals surface area contributed by atoms with Crippen LogP contribution in [0.2, 0.25) is 10.0 Å². The van der Waals surface area contributed by atoms with Crippen molar-refractivity contribution >= 4 is 52.3 Å². The van der Waals surface area contributed by atoms with Crippen molar-refractivity contribution in [2.24, 2.45) is 0 Å². The highest BCUT2D eigenvalue weighted by Crippen LogP contribution is 2.29. The topological polar surface area (TPSA) is 95.0 Å². The number of benzene rings is 5. The molecule has 0 aromatic heterocycles. The Bertz CT molecular complexity index is 2050. The number of carbonyl (C=O) groups excluding carboxylic acids is 3. The smallest absolute Gasteiger partial charge is 0.307 e. The second kappa shape index (κ2) is 18.1. The number of hydrogen-bond acceptors (Lipinski definition) is 5. The third-order valence-corrected chi connectivity index (χ3v) is 10.1. The van der Waals surface area contributed by atoms with E-state index in [4.69, 9.17) is 28.3 Å². The van der Waals surface area contributed by atoms with E-state index in [1.807, 2.05) is 108 Å². The van der Waals surface area contributed by atoms with Crippen molar-refractivity contribution in [2.45, 2.75) is 52.6 Å². The Labute approximate surface area is 320 Å². The lowest BCUT2D eigenvalue weighted by Crippen LogP contribution is -2.46. The average molecular weight is 750 g/mol. The highest BCUT2D eigenvalue weighted by Gasteiger charge is 2.27. The van der Waals surface area contributed by atoms with Gasteiger partial charge in [-0.25, -0.2) is 0 Å². The first-order valence-electron chi connectivity index (χ1n) is 17.5. The fourth-order valence-electron chi connectivity index (χ4n) is 6.48. The van der Waals surface area contributed by atoms with Crippen LogP contribution in [0.15, 0.2) is 115 Å². The first kappa shape index (κ1) is 39.1. The van der Waals surface area contributed by atoms with E-state index in [2.05, 4.69) is 4.90 Å². The van der Waals surface area contributed by atoms with E-state index in [1.54, 1.807) is 26.0 Å². The molecule has 1 N–H and O–H groups in total. The van der Waals surface area contributed by atoms with Gasteiger partial charge in [-0.15, -0.1) is 0 Å². The van der Waals surface area contributed by atoms with Crippen molar-refractivity contribution in [3.05, 3.63) is 148 Å².